The molecule has 0 aliphatic rings. The van der Waals surface area contributed by atoms with Crippen LogP contribution in [0.5, 0.6) is 0 Å². The van der Waals surface area contributed by atoms with E-state index in [0.29, 0.717) is 0 Å². The van der Waals surface area contributed by atoms with Gasteiger partial charge < -0.3 is 5.32 Å². The fourth-order valence-corrected chi connectivity index (χ4v) is 2.96. The van der Waals surface area contributed by atoms with Gasteiger partial charge in [0.25, 0.3) is 0 Å². The molecule has 0 aliphatic heterocycles. The zero-order valence-corrected chi connectivity index (χ0v) is 13.0. The Morgan fingerprint density at radius 2 is 1.55 bits per heavy atom. The number of sulfonamides is 1. The molecule has 0 heterocycles. The molecule has 0 radical (unpaired) electrons. The van der Waals surface area contributed by atoms with Gasteiger partial charge in [0.1, 0.15) is 0 Å². The predicted octanol–water partition coefficient (Wildman–Crippen LogP) is 1.84. The summed E-state index contributed by atoms with van der Waals surface area (Å²) in [5, 5.41) is 2.75. The van der Waals surface area contributed by atoms with Gasteiger partial charge in [-0.2, -0.15) is 0 Å². The molecule has 22 heavy (non-hydrogen) atoms. The zero-order valence-electron chi connectivity index (χ0n) is 12.2. The van der Waals surface area contributed by atoms with Crippen molar-refractivity contribution in [3.63, 3.8) is 0 Å². The highest BCUT2D eigenvalue weighted by Gasteiger charge is 2.16. The van der Waals surface area contributed by atoms with E-state index >= 15 is 0 Å². The third-order valence-corrected chi connectivity index (χ3v) is 4.57. The number of carbonyl (C=O) groups is 1. The van der Waals surface area contributed by atoms with E-state index in [9.17, 15) is 13.2 Å². The number of hydrogen-bond acceptors (Lipinski definition) is 3. The van der Waals surface area contributed by atoms with E-state index in [0.717, 1.165) is 5.56 Å². The number of amides is 1. The van der Waals surface area contributed by atoms with Gasteiger partial charge in [-0.1, -0.05) is 48.5 Å². The Bertz CT molecular complexity index is 716. The predicted molar refractivity (Wildman–Crippen MR) is 84.6 cm³/mol. The lowest BCUT2D eigenvalue weighted by Gasteiger charge is -2.14. The second-order valence-electron chi connectivity index (χ2n) is 4.84. The van der Waals surface area contributed by atoms with Crippen molar-refractivity contribution in [2.45, 2.75) is 17.9 Å². The maximum Gasteiger partial charge on any atom is 0.241 e. The van der Waals surface area contributed by atoms with Crippen LogP contribution < -0.4 is 10.0 Å². The van der Waals surface area contributed by atoms with E-state index in [1.807, 2.05) is 37.3 Å². The average Bonchev–Trinajstić information content (AvgIpc) is 2.55. The van der Waals surface area contributed by atoms with Gasteiger partial charge in [-0.05, 0) is 24.6 Å². The molecule has 5 nitrogen and oxygen atoms in total. The summed E-state index contributed by atoms with van der Waals surface area (Å²) in [4.78, 5) is 12.0. The molecule has 1 atom stereocenters. The van der Waals surface area contributed by atoms with Crippen LogP contribution >= 0.6 is 0 Å². The molecule has 0 spiro atoms. The Kier molecular flexibility index (Phi) is 5.30. The molecular weight excluding hydrogens is 300 g/mol. The van der Waals surface area contributed by atoms with Gasteiger partial charge in [0.15, 0.2) is 0 Å². The van der Waals surface area contributed by atoms with Gasteiger partial charge >= 0.3 is 0 Å². The van der Waals surface area contributed by atoms with Crippen LogP contribution in [0.3, 0.4) is 0 Å². The van der Waals surface area contributed by atoms with Crippen molar-refractivity contribution in [1.82, 2.24) is 10.0 Å². The van der Waals surface area contributed by atoms with Gasteiger partial charge in [-0.3, -0.25) is 4.79 Å². The second-order valence-corrected chi connectivity index (χ2v) is 6.60. The summed E-state index contributed by atoms with van der Waals surface area (Å²) in [6, 6.07) is 17.2. The van der Waals surface area contributed by atoms with Crippen LogP contribution in [-0.4, -0.2) is 20.9 Å². The molecule has 0 bridgehead atoms. The SMILES string of the molecule is C[C@H](NC(=O)CNS(=O)(=O)c1ccccc1)c1ccccc1. The minimum atomic E-state index is -3.67. The number of rotatable bonds is 6. The van der Waals surface area contributed by atoms with Crippen LogP contribution in [0.1, 0.15) is 18.5 Å². The van der Waals surface area contributed by atoms with Crippen LogP contribution in [0.4, 0.5) is 0 Å². The minimum Gasteiger partial charge on any atom is -0.348 e. The van der Waals surface area contributed by atoms with Crippen molar-refractivity contribution in [2.75, 3.05) is 6.54 Å². The van der Waals surface area contributed by atoms with Gasteiger partial charge in [0, 0.05) is 0 Å². The molecule has 0 saturated carbocycles. The first-order chi connectivity index (χ1) is 10.5. The summed E-state index contributed by atoms with van der Waals surface area (Å²) in [6.07, 6.45) is 0. The Labute approximate surface area is 130 Å². The van der Waals surface area contributed by atoms with Gasteiger partial charge in [0.2, 0.25) is 15.9 Å². The fourth-order valence-electron chi connectivity index (χ4n) is 1.96. The number of hydrogen-bond donors (Lipinski definition) is 2. The second kappa shape index (κ2) is 7.20. The molecule has 6 heteroatoms. The lowest BCUT2D eigenvalue weighted by Crippen LogP contribution is -2.37. The standard InChI is InChI=1S/C16H18N2O3S/c1-13(14-8-4-2-5-9-14)18-16(19)12-17-22(20,21)15-10-6-3-7-11-15/h2-11,13,17H,12H2,1H3,(H,18,19)/t13-/m0/s1. The summed E-state index contributed by atoms with van der Waals surface area (Å²) >= 11 is 0. The maximum absolute atomic E-state index is 12.0. The smallest absolute Gasteiger partial charge is 0.241 e. The van der Waals surface area contributed by atoms with Crippen LogP contribution in [0, 0.1) is 0 Å². The molecule has 0 unspecified atom stereocenters. The Balaban J connectivity index is 1.91. The van der Waals surface area contributed by atoms with E-state index in [1.165, 1.54) is 12.1 Å². The lowest BCUT2D eigenvalue weighted by molar-refractivity contribution is -0.120. The quantitative estimate of drug-likeness (QED) is 0.853. The van der Waals surface area contributed by atoms with E-state index in [-0.39, 0.29) is 23.4 Å². The van der Waals surface area contributed by atoms with Crippen molar-refractivity contribution in [3.8, 4) is 0 Å². The molecule has 116 valence electrons. The van der Waals surface area contributed by atoms with Crippen molar-refractivity contribution >= 4 is 15.9 Å². The van der Waals surface area contributed by atoms with Gasteiger partial charge in [-0.25, -0.2) is 13.1 Å². The first-order valence-corrected chi connectivity index (χ1v) is 8.36. The maximum atomic E-state index is 12.0. The van der Waals surface area contributed by atoms with Crippen LogP contribution in [-0.2, 0) is 14.8 Å². The number of nitrogens with one attached hydrogen (secondary N) is 2. The molecule has 0 fully saturated rings. The van der Waals surface area contributed by atoms with Gasteiger partial charge in [-0.15, -0.1) is 0 Å². The highest BCUT2D eigenvalue weighted by molar-refractivity contribution is 7.89. The zero-order chi connectivity index (χ0) is 16.0. The molecule has 2 aromatic carbocycles. The topological polar surface area (TPSA) is 75.3 Å². The lowest BCUT2D eigenvalue weighted by atomic mass is 10.1. The highest BCUT2D eigenvalue weighted by Crippen LogP contribution is 2.11. The Morgan fingerprint density at radius 1 is 1.00 bits per heavy atom. The largest absolute Gasteiger partial charge is 0.348 e. The molecule has 0 saturated heterocycles. The molecular formula is C16H18N2O3S. The van der Waals surface area contributed by atoms with E-state index < -0.39 is 10.0 Å². The van der Waals surface area contributed by atoms with Gasteiger partial charge in [0.05, 0.1) is 17.5 Å². The summed E-state index contributed by atoms with van der Waals surface area (Å²) in [5.41, 5.74) is 0.960. The van der Waals surface area contributed by atoms with Crippen LogP contribution in [0.2, 0.25) is 0 Å². The fraction of sp³-hybridized carbons (Fsp3) is 0.188. The first-order valence-electron chi connectivity index (χ1n) is 6.88. The van der Waals surface area contributed by atoms with Crippen molar-refractivity contribution in [3.05, 3.63) is 66.2 Å². The molecule has 0 aliphatic carbocycles. The molecule has 2 aromatic rings. The minimum absolute atomic E-state index is 0.138. The Hall–Kier alpha value is -2.18. The van der Waals surface area contributed by atoms with Crippen molar-refractivity contribution in [1.29, 1.82) is 0 Å². The van der Waals surface area contributed by atoms with Crippen molar-refractivity contribution < 1.29 is 13.2 Å². The summed E-state index contributed by atoms with van der Waals surface area (Å²) in [5.74, 6) is -0.379. The molecule has 2 N–H and O–H groups in total. The normalized spacial score (nSPS) is 12.6. The van der Waals surface area contributed by atoms with E-state index in [4.69, 9.17) is 0 Å². The summed E-state index contributed by atoms with van der Waals surface area (Å²) < 4.78 is 26.3. The van der Waals surface area contributed by atoms with Crippen LogP contribution in [0.15, 0.2) is 65.6 Å². The molecule has 2 rings (SSSR count). The average molecular weight is 318 g/mol. The first kappa shape index (κ1) is 16.2. The number of benzene rings is 2. The summed E-state index contributed by atoms with van der Waals surface area (Å²) in [7, 11) is -3.67. The van der Waals surface area contributed by atoms with E-state index in [1.54, 1.807) is 18.2 Å². The van der Waals surface area contributed by atoms with E-state index in [2.05, 4.69) is 10.0 Å². The molecule has 1 amide bonds. The molecule has 0 aromatic heterocycles. The Morgan fingerprint density at radius 3 is 2.14 bits per heavy atom. The highest BCUT2D eigenvalue weighted by atomic mass is 32.2. The third kappa shape index (κ3) is 4.41. The van der Waals surface area contributed by atoms with Crippen LogP contribution in [0.25, 0.3) is 0 Å². The monoisotopic (exact) mass is 318 g/mol. The van der Waals surface area contributed by atoms with Crippen molar-refractivity contribution in [2.24, 2.45) is 0 Å². The number of carbonyl (C=O) groups excluding carboxylic acids is 1. The summed E-state index contributed by atoms with van der Waals surface area (Å²) in [6.45, 7) is 1.55. The third-order valence-electron chi connectivity index (χ3n) is 3.15.